The zero-order valence-electron chi connectivity index (χ0n) is 12.4. The summed E-state index contributed by atoms with van der Waals surface area (Å²) in [5, 5.41) is 2.18. The molecular formula is C16H11F3N2O2S. The van der Waals surface area contributed by atoms with Gasteiger partial charge in [0.15, 0.2) is 0 Å². The third kappa shape index (κ3) is 3.18. The van der Waals surface area contributed by atoms with E-state index in [4.69, 9.17) is 0 Å². The van der Waals surface area contributed by atoms with Crippen molar-refractivity contribution >= 4 is 17.3 Å². The van der Waals surface area contributed by atoms with E-state index in [1.807, 2.05) is 0 Å². The third-order valence-corrected chi connectivity index (χ3v) is 4.22. The lowest BCUT2D eigenvalue weighted by atomic mass is 10.1. The number of carbonyl (C=O) groups excluding carboxylic acids is 1. The molecule has 0 aliphatic carbocycles. The number of esters is 1. The number of H-pyrrole nitrogens is 1. The van der Waals surface area contributed by atoms with Gasteiger partial charge in [-0.2, -0.15) is 0 Å². The van der Waals surface area contributed by atoms with Gasteiger partial charge < -0.3 is 9.72 Å². The van der Waals surface area contributed by atoms with Crippen molar-refractivity contribution in [2.75, 3.05) is 7.11 Å². The number of aromatic nitrogens is 2. The van der Waals surface area contributed by atoms with Crippen molar-refractivity contribution < 1.29 is 22.7 Å². The van der Waals surface area contributed by atoms with E-state index < -0.39 is 23.4 Å². The van der Waals surface area contributed by atoms with Crippen LogP contribution in [-0.4, -0.2) is 23.0 Å². The number of thiazole rings is 1. The summed E-state index contributed by atoms with van der Waals surface area (Å²) in [6, 6.07) is 2.85. The summed E-state index contributed by atoms with van der Waals surface area (Å²) in [6.45, 7) is 0. The standard InChI is InChI=1S/C16H11F3N2O2S/c1-23-16(22)13-2-8(6-20-13)14-7-24-15(21-14)5-10-11(18)3-9(17)4-12(10)19/h2-4,6-7,20H,5H2,1H3. The number of nitrogens with one attached hydrogen (secondary N) is 1. The lowest BCUT2D eigenvalue weighted by Gasteiger charge is -2.03. The van der Waals surface area contributed by atoms with Crippen LogP contribution in [0, 0.1) is 17.5 Å². The number of benzene rings is 1. The number of methoxy groups -OCH3 is 1. The van der Waals surface area contributed by atoms with E-state index in [2.05, 4.69) is 14.7 Å². The number of carbonyl (C=O) groups is 1. The second kappa shape index (κ2) is 6.48. The van der Waals surface area contributed by atoms with Gasteiger partial charge >= 0.3 is 5.97 Å². The summed E-state index contributed by atoms with van der Waals surface area (Å²) in [5.41, 5.74) is 1.25. The van der Waals surface area contributed by atoms with E-state index in [0.29, 0.717) is 28.4 Å². The molecule has 0 aliphatic heterocycles. The number of ether oxygens (including phenoxy) is 1. The summed E-state index contributed by atoms with van der Waals surface area (Å²) in [4.78, 5) is 18.5. The summed E-state index contributed by atoms with van der Waals surface area (Å²) in [7, 11) is 1.27. The van der Waals surface area contributed by atoms with E-state index in [-0.39, 0.29) is 17.7 Å². The number of nitrogens with zero attached hydrogens (tertiary/aromatic N) is 1. The molecular weight excluding hydrogens is 341 g/mol. The molecule has 1 aromatic carbocycles. The number of rotatable bonds is 4. The zero-order chi connectivity index (χ0) is 17.3. The Labute approximate surface area is 138 Å². The van der Waals surface area contributed by atoms with Crippen LogP contribution in [0.1, 0.15) is 21.1 Å². The Hall–Kier alpha value is -2.61. The molecule has 0 fully saturated rings. The van der Waals surface area contributed by atoms with Crippen LogP contribution < -0.4 is 0 Å². The SMILES string of the molecule is COC(=O)c1cc(-c2csc(Cc3c(F)cc(F)cc3F)n2)c[nH]1. The van der Waals surface area contributed by atoms with Gasteiger partial charge in [-0.15, -0.1) is 11.3 Å². The molecule has 0 amide bonds. The van der Waals surface area contributed by atoms with Crippen LogP contribution in [0.4, 0.5) is 13.2 Å². The maximum absolute atomic E-state index is 13.7. The van der Waals surface area contributed by atoms with Gasteiger partial charge in [0.1, 0.15) is 23.1 Å². The van der Waals surface area contributed by atoms with Crippen molar-refractivity contribution in [3.05, 3.63) is 63.5 Å². The molecule has 2 aromatic heterocycles. The Kier molecular flexibility index (Phi) is 4.39. The van der Waals surface area contributed by atoms with Crippen LogP contribution in [-0.2, 0) is 11.2 Å². The number of aromatic amines is 1. The second-order valence-electron chi connectivity index (χ2n) is 4.94. The fraction of sp³-hybridized carbons (Fsp3) is 0.125. The van der Waals surface area contributed by atoms with Gasteiger partial charge in [-0.3, -0.25) is 0 Å². The van der Waals surface area contributed by atoms with Crippen LogP contribution in [0.2, 0.25) is 0 Å². The third-order valence-electron chi connectivity index (χ3n) is 3.37. The Morgan fingerprint density at radius 2 is 1.96 bits per heavy atom. The fourth-order valence-corrected chi connectivity index (χ4v) is 3.00. The second-order valence-corrected chi connectivity index (χ2v) is 5.89. The van der Waals surface area contributed by atoms with Crippen LogP contribution in [0.25, 0.3) is 11.3 Å². The Balaban J connectivity index is 1.84. The van der Waals surface area contributed by atoms with E-state index >= 15 is 0 Å². The topological polar surface area (TPSA) is 55.0 Å². The molecule has 24 heavy (non-hydrogen) atoms. The molecule has 0 bridgehead atoms. The van der Waals surface area contributed by atoms with Gasteiger partial charge in [-0.25, -0.2) is 22.9 Å². The molecule has 3 aromatic rings. The number of hydrogen-bond donors (Lipinski definition) is 1. The van der Waals surface area contributed by atoms with Gasteiger partial charge in [-0.1, -0.05) is 0 Å². The first-order valence-electron chi connectivity index (χ1n) is 6.83. The highest BCUT2D eigenvalue weighted by atomic mass is 32.1. The van der Waals surface area contributed by atoms with Crippen LogP contribution >= 0.6 is 11.3 Å². The van der Waals surface area contributed by atoms with Crippen molar-refractivity contribution in [1.29, 1.82) is 0 Å². The summed E-state index contributed by atoms with van der Waals surface area (Å²) >= 11 is 1.22. The molecule has 2 heterocycles. The van der Waals surface area contributed by atoms with Gasteiger partial charge in [-0.05, 0) is 6.07 Å². The van der Waals surface area contributed by atoms with E-state index in [1.54, 1.807) is 17.6 Å². The van der Waals surface area contributed by atoms with E-state index in [0.717, 1.165) is 0 Å². The maximum Gasteiger partial charge on any atom is 0.354 e. The van der Waals surface area contributed by atoms with Crippen LogP contribution in [0.5, 0.6) is 0 Å². The van der Waals surface area contributed by atoms with Gasteiger partial charge in [0, 0.05) is 41.3 Å². The first-order valence-corrected chi connectivity index (χ1v) is 7.71. The Morgan fingerprint density at radius 3 is 2.62 bits per heavy atom. The monoisotopic (exact) mass is 352 g/mol. The first-order chi connectivity index (χ1) is 11.5. The van der Waals surface area contributed by atoms with Crippen LogP contribution in [0.3, 0.4) is 0 Å². The zero-order valence-corrected chi connectivity index (χ0v) is 13.2. The maximum atomic E-state index is 13.7. The average molecular weight is 352 g/mol. The molecule has 3 rings (SSSR count). The molecule has 0 aliphatic rings. The molecule has 0 saturated heterocycles. The summed E-state index contributed by atoms with van der Waals surface area (Å²) < 4.78 is 44.9. The molecule has 0 saturated carbocycles. The predicted molar refractivity (Wildman–Crippen MR) is 82.4 cm³/mol. The Bertz CT molecular complexity index is 881. The Morgan fingerprint density at radius 1 is 1.25 bits per heavy atom. The molecule has 8 heteroatoms. The van der Waals surface area contributed by atoms with Crippen molar-refractivity contribution in [3.8, 4) is 11.3 Å². The molecule has 0 spiro atoms. The number of hydrogen-bond acceptors (Lipinski definition) is 4. The normalized spacial score (nSPS) is 10.8. The molecule has 0 radical (unpaired) electrons. The van der Waals surface area contributed by atoms with Gasteiger partial charge in [0.05, 0.1) is 17.8 Å². The van der Waals surface area contributed by atoms with Gasteiger partial charge in [0.2, 0.25) is 0 Å². The highest BCUT2D eigenvalue weighted by Gasteiger charge is 2.16. The van der Waals surface area contributed by atoms with Crippen molar-refractivity contribution in [1.82, 2.24) is 9.97 Å². The molecule has 4 nitrogen and oxygen atoms in total. The predicted octanol–water partition coefficient (Wildman–Crippen LogP) is 3.93. The highest BCUT2D eigenvalue weighted by molar-refractivity contribution is 7.10. The number of halogens is 3. The largest absolute Gasteiger partial charge is 0.464 e. The van der Waals surface area contributed by atoms with Crippen LogP contribution in [0.15, 0.2) is 29.8 Å². The minimum Gasteiger partial charge on any atom is -0.464 e. The lowest BCUT2D eigenvalue weighted by Crippen LogP contribution is -2.00. The minimum absolute atomic E-state index is 0.0864. The smallest absolute Gasteiger partial charge is 0.354 e. The highest BCUT2D eigenvalue weighted by Crippen LogP contribution is 2.26. The quantitative estimate of drug-likeness (QED) is 0.724. The average Bonchev–Trinajstić information content (AvgIpc) is 3.19. The van der Waals surface area contributed by atoms with E-state index in [9.17, 15) is 18.0 Å². The van der Waals surface area contributed by atoms with Crippen molar-refractivity contribution in [2.45, 2.75) is 6.42 Å². The molecule has 0 unspecified atom stereocenters. The van der Waals surface area contributed by atoms with E-state index in [1.165, 1.54) is 18.4 Å². The fourth-order valence-electron chi connectivity index (χ4n) is 2.19. The molecule has 1 N–H and O–H groups in total. The summed E-state index contributed by atoms with van der Waals surface area (Å²) in [6.07, 6.45) is 1.50. The lowest BCUT2D eigenvalue weighted by molar-refractivity contribution is 0.0595. The van der Waals surface area contributed by atoms with Crippen molar-refractivity contribution in [2.24, 2.45) is 0 Å². The van der Waals surface area contributed by atoms with Crippen molar-refractivity contribution in [3.63, 3.8) is 0 Å². The van der Waals surface area contributed by atoms with Gasteiger partial charge in [0.25, 0.3) is 0 Å². The molecule has 0 atom stereocenters. The minimum atomic E-state index is -0.962. The summed E-state index contributed by atoms with van der Waals surface area (Å²) in [5.74, 6) is -3.36. The molecule has 124 valence electrons. The first kappa shape index (κ1) is 16.3.